The average Bonchev–Trinajstić information content (AvgIpc) is 2.84. The number of aromatic carboxylic acids is 1. The Morgan fingerprint density at radius 1 is 1.58 bits per heavy atom. The third-order valence-electron chi connectivity index (χ3n) is 3.13. The van der Waals surface area contributed by atoms with Crippen LogP contribution in [0.15, 0.2) is 16.7 Å². The Labute approximate surface area is 109 Å². The van der Waals surface area contributed by atoms with E-state index in [4.69, 9.17) is 9.52 Å². The van der Waals surface area contributed by atoms with Crippen molar-refractivity contribution in [2.45, 2.75) is 25.4 Å². The predicted molar refractivity (Wildman–Crippen MR) is 63.3 cm³/mol. The first-order chi connectivity index (χ1) is 9.00. The van der Waals surface area contributed by atoms with Crippen molar-refractivity contribution in [1.29, 1.82) is 0 Å². The number of piperidine rings is 1. The summed E-state index contributed by atoms with van der Waals surface area (Å²) in [5.74, 6) is -1.78. The highest BCUT2D eigenvalue weighted by Crippen LogP contribution is 2.14. The molecule has 102 valence electrons. The predicted octanol–water partition coefficient (Wildman–Crippen LogP) is 0.215. The molecule has 0 spiro atoms. The summed E-state index contributed by atoms with van der Waals surface area (Å²) in [6.45, 7) is 0.205. The lowest BCUT2D eigenvalue weighted by molar-refractivity contribution is -0.148. The molecular weight excluding hydrogens is 252 g/mol. The second-order valence-electron chi connectivity index (χ2n) is 4.34. The third kappa shape index (κ3) is 2.65. The standard InChI is InChI=1S/C12H14N2O5/c1-14-9(15)3-2-8(11(14)16)13-6-7-4-5-19-10(7)12(17)18/h4-5,8,13H,2-3,6H2,1H3,(H,17,18). The summed E-state index contributed by atoms with van der Waals surface area (Å²) in [7, 11) is 1.44. The highest BCUT2D eigenvalue weighted by molar-refractivity contribution is 6.00. The van der Waals surface area contributed by atoms with Gasteiger partial charge in [0.15, 0.2) is 0 Å². The van der Waals surface area contributed by atoms with Gasteiger partial charge in [-0.15, -0.1) is 0 Å². The highest BCUT2D eigenvalue weighted by Gasteiger charge is 2.31. The Hall–Kier alpha value is -2.15. The number of carbonyl (C=O) groups is 3. The maximum atomic E-state index is 11.8. The first-order valence-electron chi connectivity index (χ1n) is 5.84. The van der Waals surface area contributed by atoms with Crippen LogP contribution in [0.25, 0.3) is 0 Å². The number of imide groups is 1. The molecule has 1 aliphatic heterocycles. The number of rotatable bonds is 4. The van der Waals surface area contributed by atoms with Crippen molar-refractivity contribution in [3.63, 3.8) is 0 Å². The van der Waals surface area contributed by atoms with E-state index in [0.717, 1.165) is 4.90 Å². The number of nitrogens with one attached hydrogen (secondary N) is 1. The van der Waals surface area contributed by atoms with Crippen LogP contribution in [0, 0.1) is 0 Å². The van der Waals surface area contributed by atoms with Crippen molar-refractivity contribution in [2.75, 3.05) is 7.05 Å². The van der Waals surface area contributed by atoms with Crippen LogP contribution < -0.4 is 5.32 Å². The van der Waals surface area contributed by atoms with Crippen LogP contribution >= 0.6 is 0 Å². The fourth-order valence-electron chi connectivity index (χ4n) is 2.00. The number of likely N-dealkylation sites (tertiary alicyclic amines) is 1. The lowest BCUT2D eigenvalue weighted by Crippen LogP contribution is -2.51. The molecule has 1 saturated heterocycles. The second-order valence-corrected chi connectivity index (χ2v) is 4.34. The van der Waals surface area contributed by atoms with Crippen LogP contribution in [0.3, 0.4) is 0 Å². The molecule has 1 aliphatic rings. The van der Waals surface area contributed by atoms with E-state index >= 15 is 0 Å². The van der Waals surface area contributed by atoms with Crippen LogP contribution in [0.5, 0.6) is 0 Å². The van der Waals surface area contributed by atoms with Crippen LogP contribution in [-0.4, -0.2) is 40.9 Å². The number of likely N-dealkylation sites (N-methyl/N-ethyl adjacent to an activating group) is 1. The number of hydrogen-bond acceptors (Lipinski definition) is 5. The average molecular weight is 266 g/mol. The Morgan fingerprint density at radius 2 is 2.32 bits per heavy atom. The lowest BCUT2D eigenvalue weighted by atomic mass is 10.0. The van der Waals surface area contributed by atoms with E-state index in [2.05, 4.69) is 5.32 Å². The largest absolute Gasteiger partial charge is 0.475 e. The van der Waals surface area contributed by atoms with Gasteiger partial charge in [0.1, 0.15) is 0 Å². The lowest BCUT2D eigenvalue weighted by Gasteiger charge is -2.28. The fraction of sp³-hybridized carbons (Fsp3) is 0.417. The highest BCUT2D eigenvalue weighted by atomic mass is 16.4. The summed E-state index contributed by atoms with van der Waals surface area (Å²) in [5.41, 5.74) is 0.472. The topological polar surface area (TPSA) is 99.8 Å². The van der Waals surface area contributed by atoms with Crippen molar-refractivity contribution < 1.29 is 23.9 Å². The Kier molecular flexibility index (Phi) is 3.66. The number of hydrogen-bond donors (Lipinski definition) is 2. The number of furan rings is 1. The van der Waals surface area contributed by atoms with Crippen molar-refractivity contribution >= 4 is 17.8 Å². The number of carboxylic acids is 1. The Balaban J connectivity index is 1.99. The van der Waals surface area contributed by atoms with Gasteiger partial charge >= 0.3 is 5.97 Å². The monoisotopic (exact) mass is 266 g/mol. The van der Waals surface area contributed by atoms with E-state index in [1.54, 1.807) is 6.07 Å². The molecule has 1 fully saturated rings. The summed E-state index contributed by atoms with van der Waals surface area (Å²) in [6, 6.07) is 1.07. The van der Waals surface area contributed by atoms with Gasteiger partial charge in [-0.3, -0.25) is 14.5 Å². The van der Waals surface area contributed by atoms with Gasteiger partial charge < -0.3 is 14.8 Å². The SMILES string of the molecule is CN1C(=O)CCC(NCc2ccoc2C(=O)O)C1=O. The van der Waals surface area contributed by atoms with Crippen molar-refractivity contribution in [2.24, 2.45) is 0 Å². The van der Waals surface area contributed by atoms with Gasteiger partial charge in [-0.2, -0.15) is 0 Å². The molecule has 19 heavy (non-hydrogen) atoms. The molecule has 2 heterocycles. The minimum Gasteiger partial charge on any atom is -0.475 e. The maximum Gasteiger partial charge on any atom is 0.372 e. The molecule has 2 N–H and O–H groups in total. The van der Waals surface area contributed by atoms with Crippen molar-refractivity contribution in [3.05, 3.63) is 23.7 Å². The van der Waals surface area contributed by atoms with Gasteiger partial charge in [0.05, 0.1) is 12.3 Å². The van der Waals surface area contributed by atoms with Crippen LogP contribution in [0.4, 0.5) is 0 Å². The summed E-state index contributed by atoms with van der Waals surface area (Å²) in [4.78, 5) is 35.1. The quantitative estimate of drug-likeness (QED) is 0.756. The molecule has 0 aromatic carbocycles. The molecule has 0 saturated carbocycles. The van der Waals surface area contributed by atoms with E-state index in [-0.39, 0.29) is 24.1 Å². The summed E-state index contributed by atoms with van der Waals surface area (Å²) in [5, 5.41) is 11.8. The van der Waals surface area contributed by atoms with Gasteiger partial charge in [-0.1, -0.05) is 0 Å². The second kappa shape index (κ2) is 5.23. The zero-order chi connectivity index (χ0) is 14.0. The summed E-state index contributed by atoms with van der Waals surface area (Å²) < 4.78 is 4.84. The summed E-state index contributed by atoms with van der Waals surface area (Å²) in [6.07, 6.45) is 2.01. The molecule has 1 aromatic rings. The smallest absolute Gasteiger partial charge is 0.372 e. The van der Waals surface area contributed by atoms with Crippen molar-refractivity contribution in [1.82, 2.24) is 10.2 Å². The fourth-order valence-corrected chi connectivity index (χ4v) is 2.00. The molecule has 2 amide bonds. The number of nitrogens with zero attached hydrogens (tertiary/aromatic N) is 1. The van der Waals surface area contributed by atoms with Crippen LogP contribution in [0.2, 0.25) is 0 Å². The maximum absolute atomic E-state index is 11.8. The molecule has 0 bridgehead atoms. The van der Waals surface area contributed by atoms with Gasteiger partial charge in [0.25, 0.3) is 0 Å². The summed E-state index contributed by atoms with van der Waals surface area (Å²) >= 11 is 0. The van der Waals surface area contributed by atoms with E-state index in [9.17, 15) is 14.4 Å². The van der Waals surface area contributed by atoms with Crippen LogP contribution in [-0.2, 0) is 16.1 Å². The van der Waals surface area contributed by atoms with E-state index in [1.165, 1.54) is 13.3 Å². The van der Waals surface area contributed by atoms with Gasteiger partial charge in [0.2, 0.25) is 17.6 Å². The molecule has 7 heteroatoms. The zero-order valence-electron chi connectivity index (χ0n) is 10.4. The Bertz CT molecular complexity index is 522. The van der Waals surface area contributed by atoms with E-state index < -0.39 is 12.0 Å². The molecule has 0 radical (unpaired) electrons. The van der Waals surface area contributed by atoms with E-state index in [1.807, 2.05) is 0 Å². The van der Waals surface area contributed by atoms with Gasteiger partial charge in [-0.25, -0.2) is 4.79 Å². The normalized spacial score (nSPS) is 19.8. The Morgan fingerprint density at radius 3 is 3.00 bits per heavy atom. The van der Waals surface area contributed by atoms with Crippen molar-refractivity contribution in [3.8, 4) is 0 Å². The minimum absolute atomic E-state index is 0.139. The molecule has 7 nitrogen and oxygen atoms in total. The third-order valence-corrected chi connectivity index (χ3v) is 3.13. The molecular formula is C12H14N2O5. The number of amides is 2. The molecule has 1 unspecified atom stereocenters. The molecule has 1 aromatic heterocycles. The first-order valence-corrected chi connectivity index (χ1v) is 5.84. The van der Waals surface area contributed by atoms with E-state index in [0.29, 0.717) is 18.4 Å². The molecule has 2 rings (SSSR count). The molecule has 0 aliphatic carbocycles. The molecule has 1 atom stereocenters. The van der Waals surface area contributed by atoms with Crippen LogP contribution in [0.1, 0.15) is 29.0 Å². The minimum atomic E-state index is -1.15. The van der Waals surface area contributed by atoms with Gasteiger partial charge in [0, 0.05) is 25.6 Å². The van der Waals surface area contributed by atoms with Gasteiger partial charge in [-0.05, 0) is 12.5 Å². The number of carboxylic acid groups (broad SMARTS) is 1. The first kappa shape index (κ1) is 13.3. The number of carbonyl (C=O) groups excluding carboxylic acids is 2. The zero-order valence-corrected chi connectivity index (χ0v) is 10.4.